The second-order valence-electron chi connectivity index (χ2n) is 5.71. The van der Waals surface area contributed by atoms with E-state index in [4.69, 9.17) is 15.2 Å². The van der Waals surface area contributed by atoms with Crippen molar-refractivity contribution >= 4 is 11.9 Å². The predicted molar refractivity (Wildman–Crippen MR) is 89.7 cm³/mol. The molecule has 0 aliphatic heterocycles. The molecule has 0 radical (unpaired) electrons. The maximum Gasteiger partial charge on any atom is 0.341 e. The quantitative estimate of drug-likeness (QED) is 0.494. The van der Waals surface area contributed by atoms with Gasteiger partial charge in [-0.2, -0.15) is 0 Å². The monoisotopic (exact) mass is 319 g/mol. The first-order valence-corrected chi connectivity index (χ1v) is 7.95. The zero-order valence-corrected chi connectivity index (χ0v) is 13.8. The van der Waals surface area contributed by atoms with E-state index < -0.39 is 5.97 Å². The molecule has 1 aromatic carbocycles. The van der Waals surface area contributed by atoms with Crippen molar-refractivity contribution in [3.05, 3.63) is 29.3 Å². The zero-order chi connectivity index (χ0) is 16.7. The summed E-state index contributed by atoms with van der Waals surface area (Å²) in [6.07, 6.45) is 6.08. The van der Waals surface area contributed by atoms with Crippen LogP contribution in [0.15, 0.2) is 23.2 Å². The summed E-state index contributed by atoms with van der Waals surface area (Å²) in [5.41, 5.74) is 7.22. The Balaban J connectivity index is 2.01. The number of rotatable bonds is 5. The van der Waals surface area contributed by atoms with Crippen LogP contribution in [-0.4, -0.2) is 32.2 Å². The summed E-state index contributed by atoms with van der Waals surface area (Å²) in [6, 6.07) is 5.75. The van der Waals surface area contributed by atoms with Crippen molar-refractivity contribution in [1.29, 1.82) is 0 Å². The van der Waals surface area contributed by atoms with Crippen molar-refractivity contribution in [3.63, 3.8) is 0 Å². The van der Waals surface area contributed by atoms with Crippen molar-refractivity contribution in [2.75, 3.05) is 14.2 Å². The van der Waals surface area contributed by atoms with Gasteiger partial charge in [0.25, 0.3) is 0 Å². The second kappa shape index (κ2) is 8.41. The topological polar surface area (TPSA) is 85.9 Å². The minimum atomic E-state index is -0.430. The van der Waals surface area contributed by atoms with Crippen LogP contribution < -0.4 is 15.8 Å². The van der Waals surface area contributed by atoms with Gasteiger partial charge in [0.05, 0.1) is 20.8 Å². The lowest BCUT2D eigenvalue weighted by Crippen LogP contribution is -2.41. The van der Waals surface area contributed by atoms with Crippen molar-refractivity contribution in [2.45, 2.75) is 44.7 Å². The molecule has 23 heavy (non-hydrogen) atoms. The largest absolute Gasteiger partial charge is 0.496 e. The predicted octanol–water partition coefficient (Wildman–Crippen LogP) is 2.22. The van der Waals surface area contributed by atoms with Gasteiger partial charge in [0.15, 0.2) is 5.96 Å². The van der Waals surface area contributed by atoms with E-state index in [9.17, 15) is 4.79 Å². The zero-order valence-electron chi connectivity index (χ0n) is 13.8. The van der Waals surface area contributed by atoms with Gasteiger partial charge in [0.2, 0.25) is 0 Å². The highest BCUT2D eigenvalue weighted by molar-refractivity contribution is 5.92. The summed E-state index contributed by atoms with van der Waals surface area (Å²) < 4.78 is 9.94. The second-order valence-corrected chi connectivity index (χ2v) is 5.71. The van der Waals surface area contributed by atoms with Gasteiger partial charge in [-0.3, -0.25) is 0 Å². The van der Waals surface area contributed by atoms with Gasteiger partial charge in [-0.25, -0.2) is 9.79 Å². The van der Waals surface area contributed by atoms with Crippen LogP contribution >= 0.6 is 0 Å². The Morgan fingerprint density at radius 2 is 2.04 bits per heavy atom. The normalized spacial score (nSPS) is 16.0. The standard InChI is InChI=1S/C17H25N3O3/c1-22-15-9-8-12(10-14(15)16(21)23-2)11-19-17(18)20-13-6-4-3-5-7-13/h8-10,13H,3-7,11H2,1-2H3,(H3,18,19,20). The third kappa shape index (κ3) is 4.87. The van der Waals surface area contributed by atoms with Gasteiger partial charge in [-0.05, 0) is 30.5 Å². The molecule has 2 rings (SSSR count). The molecule has 1 aliphatic carbocycles. The molecule has 0 bridgehead atoms. The average Bonchev–Trinajstić information content (AvgIpc) is 2.60. The van der Waals surface area contributed by atoms with Gasteiger partial charge < -0.3 is 20.5 Å². The van der Waals surface area contributed by atoms with E-state index in [0.717, 1.165) is 18.4 Å². The highest BCUT2D eigenvalue weighted by Crippen LogP contribution is 2.21. The molecule has 0 heterocycles. The lowest BCUT2D eigenvalue weighted by molar-refractivity contribution is 0.0597. The van der Waals surface area contributed by atoms with E-state index in [1.54, 1.807) is 12.1 Å². The van der Waals surface area contributed by atoms with Crippen LogP contribution in [0, 0.1) is 0 Å². The number of guanidine groups is 1. The van der Waals surface area contributed by atoms with E-state index in [1.807, 2.05) is 6.07 Å². The van der Waals surface area contributed by atoms with Crippen molar-refractivity contribution in [2.24, 2.45) is 10.7 Å². The highest BCUT2D eigenvalue weighted by Gasteiger charge is 2.14. The Kier molecular flexibility index (Phi) is 6.26. The van der Waals surface area contributed by atoms with Gasteiger partial charge in [-0.1, -0.05) is 25.3 Å². The van der Waals surface area contributed by atoms with E-state index in [-0.39, 0.29) is 0 Å². The number of nitrogens with one attached hydrogen (secondary N) is 1. The number of nitrogens with zero attached hydrogens (tertiary/aromatic N) is 1. The number of carbonyl (C=O) groups excluding carboxylic acids is 1. The number of benzene rings is 1. The summed E-state index contributed by atoms with van der Waals surface area (Å²) in [7, 11) is 2.87. The SMILES string of the molecule is COC(=O)c1cc(CN=C(N)NC2CCCCC2)ccc1OC. The van der Waals surface area contributed by atoms with Crippen LogP contribution in [0.2, 0.25) is 0 Å². The van der Waals surface area contributed by atoms with Gasteiger partial charge >= 0.3 is 5.97 Å². The van der Waals surface area contributed by atoms with Crippen LogP contribution in [-0.2, 0) is 11.3 Å². The Bertz CT molecular complexity index is 566. The third-order valence-electron chi connectivity index (χ3n) is 4.06. The smallest absolute Gasteiger partial charge is 0.341 e. The summed E-state index contributed by atoms with van der Waals surface area (Å²) >= 11 is 0. The summed E-state index contributed by atoms with van der Waals surface area (Å²) in [5, 5.41) is 3.27. The lowest BCUT2D eigenvalue weighted by atomic mass is 9.96. The minimum absolute atomic E-state index is 0.390. The molecule has 1 aliphatic rings. The van der Waals surface area contributed by atoms with Crippen LogP contribution in [0.4, 0.5) is 0 Å². The minimum Gasteiger partial charge on any atom is -0.496 e. The molecule has 3 N–H and O–H groups in total. The molecule has 0 saturated heterocycles. The fourth-order valence-electron chi connectivity index (χ4n) is 2.80. The molecule has 0 unspecified atom stereocenters. The number of carbonyl (C=O) groups is 1. The van der Waals surface area contributed by atoms with Gasteiger partial charge in [-0.15, -0.1) is 0 Å². The molecule has 126 valence electrons. The number of esters is 1. The Hall–Kier alpha value is -2.24. The molecule has 1 fully saturated rings. The number of ether oxygens (including phenoxy) is 2. The molecule has 0 aromatic heterocycles. The summed E-state index contributed by atoms with van der Waals surface area (Å²) in [5.74, 6) is 0.506. The Morgan fingerprint density at radius 3 is 2.70 bits per heavy atom. The van der Waals surface area contributed by atoms with E-state index >= 15 is 0 Å². The molecule has 0 amide bonds. The Labute approximate surface area is 137 Å². The third-order valence-corrected chi connectivity index (χ3v) is 4.06. The number of aliphatic imine (C=N–C) groups is 1. The van der Waals surface area contributed by atoms with E-state index in [1.165, 1.54) is 33.5 Å². The Morgan fingerprint density at radius 1 is 1.30 bits per heavy atom. The van der Waals surface area contributed by atoms with E-state index in [0.29, 0.717) is 29.9 Å². The fourth-order valence-corrected chi connectivity index (χ4v) is 2.80. The first kappa shape index (κ1) is 17.1. The number of nitrogens with two attached hydrogens (primary N) is 1. The fraction of sp³-hybridized carbons (Fsp3) is 0.529. The van der Waals surface area contributed by atoms with Crippen LogP contribution in [0.1, 0.15) is 48.0 Å². The first-order chi connectivity index (χ1) is 11.1. The summed E-state index contributed by atoms with van der Waals surface area (Å²) in [6.45, 7) is 0.402. The molecule has 6 heteroatoms. The molecular weight excluding hydrogens is 294 g/mol. The lowest BCUT2D eigenvalue weighted by Gasteiger charge is -2.23. The maximum absolute atomic E-state index is 11.8. The highest BCUT2D eigenvalue weighted by atomic mass is 16.5. The average molecular weight is 319 g/mol. The van der Waals surface area contributed by atoms with Crippen LogP contribution in [0.3, 0.4) is 0 Å². The first-order valence-electron chi connectivity index (χ1n) is 7.95. The molecule has 6 nitrogen and oxygen atoms in total. The molecule has 0 spiro atoms. The molecule has 1 aromatic rings. The summed E-state index contributed by atoms with van der Waals surface area (Å²) in [4.78, 5) is 16.1. The van der Waals surface area contributed by atoms with Crippen molar-refractivity contribution in [3.8, 4) is 5.75 Å². The maximum atomic E-state index is 11.8. The number of hydrogen-bond donors (Lipinski definition) is 2. The van der Waals surface area contributed by atoms with Crippen molar-refractivity contribution < 1.29 is 14.3 Å². The molecular formula is C17H25N3O3. The van der Waals surface area contributed by atoms with Gasteiger partial charge in [0, 0.05) is 6.04 Å². The molecule has 1 saturated carbocycles. The van der Waals surface area contributed by atoms with Crippen LogP contribution in [0.5, 0.6) is 5.75 Å². The molecule has 0 atom stereocenters. The van der Waals surface area contributed by atoms with Gasteiger partial charge in [0.1, 0.15) is 11.3 Å². The van der Waals surface area contributed by atoms with E-state index in [2.05, 4.69) is 10.3 Å². The number of methoxy groups -OCH3 is 2. The number of hydrogen-bond acceptors (Lipinski definition) is 4. The van der Waals surface area contributed by atoms with Crippen molar-refractivity contribution in [1.82, 2.24) is 5.32 Å². The van der Waals surface area contributed by atoms with Crippen LogP contribution in [0.25, 0.3) is 0 Å².